The number of anilines is 1. The third-order valence-corrected chi connectivity index (χ3v) is 4.92. The van der Waals surface area contributed by atoms with Gasteiger partial charge in [0.2, 0.25) is 0 Å². The average Bonchev–Trinajstić information content (AvgIpc) is 3.18. The van der Waals surface area contributed by atoms with Gasteiger partial charge in [-0.3, -0.25) is 9.59 Å². The predicted octanol–water partition coefficient (Wildman–Crippen LogP) is 3.29. The quantitative estimate of drug-likeness (QED) is 0.515. The highest BCUT2D eigenvalue weighted by molar-refractivity contribution is 5.95. The van der Waals surface area contributed by atoms with E-state index in [2.05, 4.69) is 15.1 Å². The highest BCUT2D eigenvalue weighted by Crippen LogP contribution is 2.27. The Balaban J connectivity index is 1.64. The van der Waals surface area contributed by atoms with Gasteiger partial charge in [0.1, 0.15) is 0 Å². The van der Waals surface area contributed by atoms with Crippen LogP contribution < -0.4 is 4.90 Å². The van der Waals surface area contributed by atoms with Crippen LogP contribution in [0.25, 0.3) is 5.78 Å². The van der Waals surface area contributed by atoms with E-state index in [1.807, 2.05) is 13.0 Å². The van der Waals surface area contributed by atoms with E-state index in [1.54, 1.807) is 38.1 Å². The smallest absolute Gasteiger partial charge is 0.453 e. The van der Waals surface area contributed by atoms with Crippen LogP contribution in [0.1, 0.15) is 36.1 Å². The molecule has 0 bridgehead atoms. The minimum absolute atomic E-state index is 0.0690. The number of likely N-dealkylation sites (N-methyl/N-ethyl adjacent to an activating group) is 1. The first-order valence-corrected chi connectivity index (χ1v) is 9.93. The lowest BCUT2D eigenvalue weighted by molar-refractivity contribution is -0.147. The molecular weight excluding hydrogens is 427 g/mol. The van der Waals surface area contributed by atoms with Crippen molar-refractivity contribution in [3.05, 3.63) is 53.1 Å². The number of carbonyl (C=O) groups excluding carboxylic acids is 2. The number of amides is 1. The van der Waals surface area contributed by atoms with Crippen LogP contribution in [0.4, 0.5) is 18.9 Å². The molecule has 3 aromatic rings. The first-order valence-electron chi connectivity index (χ1n) is 9.93. The maximum Gasteiger partial charge on any atom is 0.453 e. The van der Waals surface area contributed by atoms with Crippen LogP contribution in [-0.4, -0.2) is 44.6 Å². The third kappa shape index (κ3) is 5.04. The summed E-state index contributed by atoms with van der Waals surface area (Å²) in [5.41, 5.74) is 2.12. The summed E-state index contributed by atoms with van der Waals surface area (Å²) in [6, 6.07) is 9.01. The number of aromatic nitrogens is 4. The molecule has 0 unspecified atom stereocenters. The van der Waals surface area contributed by atoms with Crippen molar-refractivity contribution in [2.24, 2.45) is 0 Å². The van der Waals surface area contributed by atoms with Gasteiger partial charge in [0.15, 0.2) is 6.61 Å². The Kier molecular flexibility index (Phi) is 6.75. The first kappa shape index (κ1) is 23.2. The molecule has 8 nitrogen and oxygen atoms in total. The van der Waals surface area contributed by atoms with Crippen molar-refractivity contribution in [3.8, 4) is 0 Å². The van der Waals surface area contributed by atoms with E-state index in [-0.39, 0.29) is 24.5 Å². The molecule has 0 radical (unpaired) electrons. The lowest BCUT2D eigenvalue weighted by Crippen LogP contribution is -2.34. The van der Waals surface area contributed by atoms with Gasteiger partial charge in [-0.25, -0.2) is 9.50 Å². The molecule has 2 aromatic heterocycles. The lowest BCUT2D eigenvalue weighted by Gasteiger charge is -2.20. The molecule has 0 aliphatic rings. The number of alkyl halides is 3. The summed E-state index contributed by atoms with van der Waals surface area (Å²) in [7, 11) is 0. The van der Waals surface area contributed by atoms with Gasteiger partial charge < -0.3 is 9.64 Å². The number of hydrogen-bond acceptors (Lipinski definition) is 6. The minimum Gasteiger partial charge on any atom is -0.456 e. The Hall–Kier alpha value is -3.50. The molecule has 1 aromatic carbocycles. The zero-order valence-corrected chi connectivity index (χ0v) is 17.8. The van der Waals surface area contributed by atoms with Gasteiger partial charge in [-0.2, -0.15) is 18.2 Å². The topological polar surface area (TPSA) is 89.7 Å². The van der Waals surface area contributed by atoms with Crippen molar-refractivity contribution in [3.63, 3.8) is 0 Å². The number of benzene rings is 1. The summed E-state index contributed by atoms with van der Waals surface area (Å²) < 4.78 is 44.8. The molecule has 0 N–H and O–H groups in total. The number of esters is 1. The molecule has 0 saturated heterocycles. The van der Waals surface area contributed by atoms with Gasteiger partial charge in [-0.1, -0.05) is 18.2 Å². The fourth-order valence-electron chi connectivity index (χ4n) is 3.32. The number of ether oxygens (including phenoxy) is 1. The molecule has 11 heteroatoms. The Bertz CT molecular complexity index is 1130. The molecule has 0 aliphatic carbocycles. The maximum atomic E-state index is 12.9. The minimum atomic E-state index is -4.68. The summed E-state index contributed by atoms with van der Waals surface area (Å²) >= 11 is 0. The Morgan fingerprint density at radius 2 is 1.81 bits per heavy atom. The van der Waals surface area contributed by atoms with Gasteiger partial charge in [0, 0.05) is 30.0 Å². The molecule has 0 atom stereocenters. The molecular formula is C21H22F3N5O3. The fraction of sp³-hybridized carbons (Fsp3) is 0.381. The van der Waals surface area contributed by atoms with Crippen LogP contribution in [0.2, 0.25) is 0 Å². The van der Waals surface area contributed by atoms with Crippen molar-refractivity contribution in [1.29, 1.82) is 0 Å². The molecule has 1 amide bonds. The van der Waals surface area contributed by atoms with Gasteiger partial charge in [-0.15, -0.1) is 5.10 Å². The van der Waals surface area contributed by atoms with E-state index in [1.165, 1.54) is 4.90 Å². The fourth-order valence-corrected chi connectivity index (χ4v) is 3.32. The van der Waals surface area contributed by atoms with E-state index >= 15 is 0 Å². The second-order valence-corrected chi connectivity index (χ2v) is 7.04. The predicted molar refractivity (Wildman–Crippen MR) is 109 cm³/mol. The first-order chi connectivity index (χ1) is 15.1. The number of fused-ring (bicyclic) bond motifs is 1. The number of hydrogen-bond donors (Lipinski definition) is 0. The van der Waals surface area contributed by atoms with Crippen molar-refractivity contribution in [2.45, 2.75) is 39.8 Å². The van der Waals surface area contributed by atoms with E-state index in [0.717, 1.165) is 4.52 Å². The average molecular weight is 449 g/mol. The summed E-state index contributed by atoms with van der Waals surface area (Å²) in [4.78, 5) is 33.6. The number of rotatable bonds is 7. The Labute approximate surface area is 182 Å². The Morgan fingerprint density at radius 1 is 1.12 bits per heavy atom. The highest BCUT2D eigenvalue weighted by atomic mass is 19.4. The number of para-hydroxylation sites is 1. The third-order valence-electron chi connectivity index (χ3n) is 4.92. The summed E-state index contributed by atoms with van der Waals surface area (Å²) in [5.74, 6) is -2.40. The summed E-state index contributed by atoms with van der Waals surface area (Å²) in [6.45, 7) is 5.03. The van der Waals surface area contributed by atoms with Crippen molar-refractivity contribution in [2.75, 3.05) is 18.1 Å². The van der Waals surface area contributed by atoms with Gasteiger partial charge in [0.25, 0.3) is 17.5 Å². The number of carbonyl (C=O) groups is 2. The van der Waals surface area contributed by atoms with E-state index in [0.29, 0.717) is 29.2 Å². The molecule has 170 valence electrons. The van der Waals surface area contributed by atoms with Crippen molar-refractivity contribution >= 4 is 23.3 Å². The van der Waals surface area contributed by atoms with Crippen LogP contribution >= 0.6 is 0 Å². The second-order valence-electron chi connectivity index (χ2n) is 7.04. The van der Waals surface area contributed by atoms with Gasteiger partial charge in [-0.05, 0) is 44.9 Å². The van der Waals surface area contributed by atoms with E-state index in [9.17, 15) is 22.8 Å². The molecule has 0 saturated carbocycles. The van der Waals surface area contributed by atoms with E-state index < -0.39 is 24.6 Å². The second kappa shape index (κ2) is 9.33. The summed E-state index contributed by atoms with van der Waals surface area (Å²) in [6.07, 6.45) is -4.58. The Morgan fingerprint density at radius 3 is 2.44 bits per heavy atom. The molecule has 32 heavy (non-hydrogen) atoms. The maximum absolute atomic E-state index is 12.9. The van der Waals surface area contributed by atoms with Crippen LogP contribution in [0.3, 0.4) is 0 Å². The molecule has 2 heterocycles. The van der Waals surface area contributed by atoms with Crippen LogP contribution in [0.15, 0.2) is 30.3 Å². The molecule has 0 fully saturated rings. The van der Waals surface area contributed by atoms with Crippen molar-refractivity contribution < 1.29 is 27.5 Å². The monoisotopic (exact) mass is 449 g/mol. The zero-order valence-electron chi connectivity index (χ0n) is 17.8. The lowest BCUT2D eigenvalue weighted by atomic mass is 10.1. The SMILES string of the molecule is CCN(C(=O)COC(=O)CCc1c(C)nc2nc(C(F)(F)F)nn2c1C)c1ccccc1. The standard InChI is InChI=1S/C21H22F3N5O3/c1-4-28(15-8-6-5-7-9-15)17(30)12-32-18(31)11-10-16-13(2)25-20-26-19(21(22,23)24)27-29(20)14(16)3/h5-9H,4,10-12H2,1-3H3. The van der Waals surface area contributed by atoms with Crippen LogP contribution in [0.5, 0.6) is 0 Å². The highest BCUT2D eigenvalue weighted by Gasteiger charge is 2.37. The normalized spacial score (nSPS) is 11.6. The van der Waals surface area contributed by atoms with Crippen LogP contribution in [0, 0.1) is 13.8 Å². The zero-order chi connectivity index (χ0) is 23.5. The van der Waals surface area contributed by atoms with E-state index in [4.69, 9.17) is 4.74 Å². The number of aryl methyl sites for hydroxylation is 2. The number of nitrogens with zero attached hydrogens (tertiary/aromatic N) is 5. The van der Waals surface area contributed by atoms with Gasteiger partial charge in [0.05, 0.1) is 0 Å². The summed E-state index contributed by atoms with van der Waals surface area (Å²) in [5, 5.41) is 3.48. The molecule has 0 spiro atoms. The van der Waals surface area contributed by atoms with Crippen LogP contribution in [-0.2, 0) is 26.9 Å². The van der Waals surface area contributed by atoms with Crippen molar-refractivity contribution in [1.82, 2.24) is 19.6 Å². The molecule has 0 aliphatic heterocycles. The molecule has 3 rings (SSSR count). The van der Waals surface area contributed by atoms with Gasteiger partial charge >= 0.3 is 12.1 Å². The number of halogens is 3. The largest absolute Gasteiger partial charge is 0.456 e.